The van der Waals surface area contributed by atoms with Gasteiger partial charge in [-0.05, 0) is 24.5 Å². The molecular weight excluding hydrogens is 176 g/mol. The summed E-state index contributed by atoms with van der Waals surface area (Å²) in [4.78, 5) is 2.36. The lowest BCUT2D eigenvalue weighted by atomic mass is 10.1. The molecule has 1 aromatic heterocycles. The Bertz CT molecular complexity index is 298. The fourth-order valence-electron chi connectivity index (χ4n) is 1.99. The van der Waals surface area contributed by atoms with Crippen LogP contribution in [0, 0.1) is 12.8 Å². The molecule has 3 heteroatoms. The minimum Gasteiger partial charge on any atom is -0.468 e. The lowest BCUT2D eigenvalue weighted by Crippen LogP contribution is -2.28. The maximum Gasteiger partial charge on any atom is 0.120 e. The second kappa shape index (κ2) is 3.75. The molecule has 2 unspecified atom stereocenters. The van der Waals surface area contributed by atoms with Crippen LogP contribution < -0.4 is 5.73 Å². The molecule has 3 nitrogen and oxygen atoms in total. The standard InChI is InChI=1S/C11H18N2O/c1-8-3-4-14-11(8)7-13-5-9(2)10(12)6-13/h3-4,9-10H,5-7,12H2,1-2H3. The third kappa shape index (κ3) is 1.83. The number of nitrogens with zero attached hydrogens (tertiary/aromatic N) is 1. The number of hydrogen-bond donors (Lipinski definition) is 1. The van der Waals surface area contributed by atoms with E-state index < -0.39 is 0 Å². The zero-order valence-corrected chi connectivity index (χ0v) is 8.86. The van der Waals surface area contributed by atoms with Crippen LogP contribution in [0.15, 0.2) is 16.7 Å². The molecule has 1 aliphatic rings. The van der Waals surface area contributed by atoms with Crippen LogP contribution in [0.3, 0.4) is 0 Å². The maximum absolute atomic E-state index is 5.96. The third-order valence-electron chi connectivity index (χ3n) is 3.08. The molecule has 1 aliphatic heterocycles. The molecule has 2 atom stereocenters. The normalized spacial score (nSPS) is 28.5. The van der Waals surface area contributed by atoms with Gasteiger partial charge in [-0.15, -0.1) is 0 Å². The van der Waals surface area contributed by atoms with Crippen molar-refractivity contribution in [2.45, 2.75) is 26.4 Å². The maximum atomic E-state index is 5.96. The number of hydrogen-bond acceptors (Lipinski definition) is 3. The van der Waals surface area contributed by atoms with Gasteiger partial charge in [0, 0.05) is 19.1 Å². The predicted molar refractivity (Wildman–Crippen MR) is 55.9 cm³/mol. The van der Waals surface area contributed by atoms with E-state index in [1.165, 1.54) is 5.56 Å². The summed E-state index contributed by atoms with van der Waals surface area (Å²) in [7, 11) is 0. The van der Waals surface area contributed by atoms with E-state index in [4.69, 9.17) is 10.2 Å². The molecule has 14 heavy (non-hydrogen) atoms. The van der Waals surface area contributed by atoms with Gasteiger partial charge in [0.25, 0.3) is 0 Å². The summed E-state index contributed by atoms with van der Waals surface area (Å²) in [5.41, 5.74) is 7.20. The fourth-order valence-corrected chi connectivity index (χ4v) is 1.99. The van der Waals surface area contributed by atoms with Crippen LogP contribution in [0.25, 0.3) is 0 Å². The van der Waals surface area contributed by atoms with E-state index in [1.807, 2.05) is 6.07 Å². The molecule has 1 fully saturated rings. The molecule has 0 spiro atoms. The Morgan fingerprint density at radius 2 is 2.36 bits per heavy atom. The summed E-state index contributed by atoms with van der Waals surface area (Å²) in [5, 5.41) is 0. The molecule has 78 valence electrons. The smallest absolute Gasteiger partial charge is 0.120 e. The lowest BCUT2D eigenvalue weighted by molar-refractivity contribution is 0.287. The minimum absolute atomic E-state index is 0.324. The van der Waals surface area contributed by atoms with Crippen LogP contribution in [0.1, 0.15) is 18.2 Å². The lowest BCUT2D eigenvalue weighted by Gasteiger charge is -2.13. The molecule has 2 heterocycles. The van der Waals surface area contributed by atoms with Crippen LogP contribution in [0.4, 0.5) is 0 Å². The van der Waals surface area contributed by atoms with E-state index in [0.717, 1.165) is 25.4 Å². The number of nitrogens with two attached hydrogens (primary N) is 1. The fraction of sp³-hybridized carbons (Fsp3) is 0.636. The molecule has 0 aliphatic carbocycles. The van der Waals surface area contributed by atoms with Crippen molar-refractivity contribution in [3.8, 4) is 0 Å². The number of aryl methyl sites for hydroxylation is 1. The van der Waals surface area contributed by atoms with Crippen molar-refractivity contribution >= 4 is 0 Å². The quantitative estimate of drug-likeness (QED) is 0.773. The van der Waals surface area contributed by atoms with E-state index in [-0.39, 0.29) is 0 Å². The van der Waals surface area contributed by atoms with Crippen molar-refractivity contribution in [1.29, 1.82) is 0 Å². The van der Waals surface area contributed by atoms with Gasteiger partial charge in [0.1, 0.15) is 5.76 Å². The molecule has 1 saturated heterocycles. The van der Waals surface area contributed by atoms with Crippen molar-refractivity contribution in [3.05, 3.63) is 23.7 Å². The molecule has 2 rings (SSSR count). The molecule has 0 radical (unpaired) electrons. The molecule has 0 bridgehead atoms. The Morgan fingerprint density at radius 1 is 1.57 bits per heavy atom. The number of rotatable bonds is 2. The van der Waals surface area contributed by atoms with Crippen molar-refractivity contribution in [3.63, 3.8) is 0 Å². The summed E-state index contributed by atoms with van der Waals surface area (Å²) in [5.74, 6) is 1.68. The second-order valence-corrected chi connectivity index (χ2v) is 4.36. The van der Waals surface area contributed by atoms with E-state index in [0.29, 0.717) is 12.0 Å². The van der Waals surface area contributed by atoms with Crippen molar-refractivity contribution in [2.75, 3.05) is 13.1 Å². The molecule has 1 aromatic rings. The average molecular weight is 194 g/mol. The summed E-state index contributed by atoms with van der Waals surface area (Å²) >= 11 is 0. The van der Waals surface area contributed by atoms with Crippen molar-refractivity contribution < 1.29 is 4.42 Å². The number of likely N-dealkylation sites (tertiary alicyclic amines) is 1. The van der Waals surface area contributed by atoms with E-state index >= 15 is 0 Å². The first kappa shape index (κ1) is 9.74. The largest absolute Gasteiger partial charge is 0.468 e. The van der Waals surface area contributed by atoms with Crippen molar-refractivity contribution in [1.82, 2.24) is 4.90 Å². The van der Waals surface area contributed by atoms with Gasteiger partial charge in [-0.1, -0.05) is 6.92 Å². The predicted octanol–water partition coefficient (Wildman–Crippen LogP) is 1.37. The van der Waals surface area contributed by atoms with Crippen LogP contribution >= 0.6 is 0 Å². The van der Waals surface area contributed by atoms with Gasteiger partial charge in [0.15, 0.2) is 0 Å². The van der Waals surface area contributed by atoms with Gasteiger partial charge in [-0.2, -0.15) is 0 Å². The first-order valence-corrected chi connectivity index (χ1v) is 5.17. The first-order valence-electron chi connectivity index (χ1n) is 5.17. The van der Waals surface area contributed by atoms with E-state index in [9.17, 15) is 0 Å². The summed E-state index contributed by atoms with van der Waals surface area (Å²) < 4.78 is 5.41. The summed E-state index contributed by atoms with van der Waals surface area (Å²) in [6.45, 7) is 7.26. The molecule has 0 saturated carbocycles. The van der Waals surface area contributed by atoms with Gasteiger partial charge < -0.3 is 10.2 Å². The van der Waals surface area contributed by atoms with Crippen LogP contribution in [-0.4, -0.2) is 24.0 Å². The van der Waals surface area contributed by atoms with Gasteiger partial charge in [-0.3, -0.25) is 4.90 Å². The Balaban J connectivity index is 1.97. The highest BCUT2D eigenvalue weighted by atomic mass is 16.3. The van der Waals surface area contributed by atoms with Gasteiger partial charge in [0.2, 0.25) is 0 Å². The zero-order valence-electron chi connectivity index (χ0n) is 8.86. The zero-order chi connectivity index (χ0) is 10.1. The molecular formula is C11H18N2O. The number of furan rings is 1. The molecule has 0 amide bonds. The highest BCUT2D eigenvalue weighted by Crippen LogP contribution is 2.19. The topological polar surface area (TPSA) is 42.4 Å². The van der Waals surface area contributed by atoms with Crippen LogP contribution in [0.2, 0.25) is 0 Å². The monoisotopic (exact) mass is 194 g/mol. The Morgan fingerprint density at radius 3 is 2.86 bits per heavy atom. The SMILES string of the molecule is Cc1ccoc1CN1CC(C)C(N)C1. The molecule has 2 N–H and O–H groups in total. The second-order valence-electron chi connectivity index (χ2n) is 4.36. The summed E-state index contributed by atoms with van der Waals surface area (Å²) in [6, 6.07) is 2.33. The minimum atomic E-state index is 0.324. The van der Waals surface area contributed by atoms with E-state index in [1.54, 1.807) is 6.26 Å². The van der Waals surface area contributed by atoms with E-state index in [2.05, 4.69) is 18.7 Å². The molecule has 0 aromatic carbocycles. The van der Waals surface area contributed by atoms with Crippen LogP contribution in [-0.2, 0) is 6.54 Å². The van der Waals surface area contributed by atoms with Gasteiger partial charge >= 0.3 is 0 Å². The van der Waals surface area contributed by atoms with Gasteiger partial charge in [0.05, 0.1) is 12.8 Å². The average Bonchev–Trinajstić information content (AvgIpc) is 2.63. The first-order chi connectivity index (χ1) is 6.66. The van der Waals surface area contributed by atoms with Crippen molar-refractivity contribution in [2.24, 2.45) is 11.7 Å². The Kier molecular flexibility index (Phi) is 2.61. The van der Waals surface area contributed by atoms with Crippen LogP contribution in [0.5, 0.6) is 0 Å². The Hall–Kier alpha value is -0.800. The van der Waals surface area contributed by atoms with Gasteiger partial charge in [-0.25, -0.2) is 0 Å². The highest BCUT2D eigenvalue weighted by Gasteiger charge is 2.27. The third-order valence-corrected chi connectivity index (χ3v) is 3.08. The highest BCUT2D eigenvalue weighted by molar-refractivity contribution is 5.14. The summed E-state index contributed by atoms with van der Waals surface area (Å²) in [6.07, 6.45) is 1.75. The Labute approximate surface area is 84.9 Å².